The van der Waals surface area contributed by atoms with Gasteiger partial charge in [0.05, 0.1) is 10.6 Å². The average molecular weight is 237 g/mol. The molecule has 0 saturated carbocycles. The fourth-order valence-corrected chi connectivity index (χ4v) is 2.59. The van der Waals surface area contributed by atoms with E-state index in [1.807, 2.05) is 6.21 Å². The molecular weight excluding hydrogens is 222 g/mol. The van der Waals surface area contributed by atoms with E-state index in [0.29, 0.717) is 4.90 Å². The first-order valence-corrected chi connectivity index (χ1v) is 7.18. The smallest absolute Gasteiger partial charge is 0.175 e. The molecule has 3 nitrogen and oxygen atoms in total. The van der Waals surface area contributed by atoms with Crippen LogP contribution in [0.2, 0.25) is 0 Å². The Hall–Kier alpha value is -1.16. The molecule has 0 unspecified atom stereocenters. The van der Waals surface area contributed by atoms with Crippen molar-refractivity contribution in [2.75, 3.05) is 6.26 Å². The van der Waals surface area contributed by atoms with Crippen molar-refractivity contribution in [1.29, 1.82) is 0 Å². The summed E-state index contributed by atoms with van der Waals surface area (Å²) < 4.78 is 23.1. The Morgan fingerprint density at radius 3 is 2.56 bits per heavy atom. The van der Waals surface area contributed by atoms with E-state index in [1.54, 1.807) is 12.1 Å². The van der Waals surface area contributed by atoms with Crippen LogP contribution in [0, 0.1) is 0 Å². The number of rotatable bonds is 2. The molecule has 0 radical (unpaired) electrons. The molecule has 1 aromatic carbocycles. The summed E-state index contributed by atoms with van der Waals surface area (Å²) in [4.78, 5) is 4.73. The Labute approximate surface area is 96.1 Å². The summed E-state index contributed by atoms with van der Waals surface area (Å²) in [6.07, 6.45) is 3.82. The average Bonchev–Trinajstić information content (AvgIpc) is 2.61. The Morgan fingerprint density at radius 2 is 2.00 bits per heavy atom. The van der Waals surface area contributed by atoms with Crippen LogP contribution < -0.4 is 0 Å². The van der Waals surface area contributed by atoms with Crippen molar-refractivity contribution in [1.82, 2.24) is 0 Å². The Kier molecular flexibility index (Phi) is 2.62. The predicted octanol–water partition coefficient (Wildman–Crippen LogP) is 2.47. The quantitative estimate of drug-likeness (QED) is 0.793. The van der Waals surface area contributed by atoms with Gasteiger partial charge in [-0.25, -0.2) is 8.42 Å². The highest BCUT2D eigenvalue weighted by atomic mass is 32.2. The van der Waals surface area contributed by atoms with E-state index in [1.165, 1.54) is 6.26 Å². The fourth-order valence-electron chi connectivity index (χ4n) is 1.89. The summed E-state index contributed by atoms with van der Waals surface area (Å²) in [7, 11) is -3.14. The van der Waals surface area contributed by atoms with Gasteiger partial charge in [-0.05, 0) is 29.2 Å². The molecule has 2 rings (SSSR count). The molecule has 0 N–H and O–H groups in total. The van der Waals surface area contributed by atoms with Crippen LogP contribution in [0.25, 0.3) is 0 Å². The zero-order valence-corrected chi connectivity index (χ0v) is 10.5. The molecule has 0 aromatic heterocycles. The molecule has 4 heteroatoms. The molecule has 1 heterocycles. The maximum Gasteiger partial charge on any atom is 0.175 e. The molecule has 1 aromatic rings. The maximum absolute atomic E-state index is 11.6. The number of fused-ring (bicyclic) bond motifs is 1. The van der Waals surface area contributed by atoms with Crippen molar-refractivity contribution in [2.24, 2.45) is 4.99 Å². The molecule has 16 heavy (non-hydrogen) atoms. The minimum atomic E-state index is -3.14. The third-order valence-corrected chi connectivity index (χ3v) is 3.87. The van der Waals surface area contributed by atoms with Gasteiger partial charge in [0.15, 0.2) is 9.84 Å². The summed E-state index contributed by atoms with van der Waals surface area (Å²) >= 11 is 0. The second-order valence-corrected chi connectivity index (χ2v) is 6.48. The summed E-state index contributed by atoms with van der Waals surface area (Å²) in [6, 6.07) is 3.49. The van der Waals surface area contributed by atoms with E-state index in [4.69, 9.17) is 0 Å². The van der Waals surface area contributed by atoms with Crippen molar-refractivity contribution in [2.45, 2.75) is 31.1 Å². The topological polar surface area (TPSA) is 46.5 Å². The lowest BCUT2D eigenvalue weighted by atomic mass is 9.98. The highest BCUT2D eigenvalue weighted by Crippen LogP contribution is 2.35. The van der Waals surface area contributed by atoms with Gasteiger partial charge in [0.1, 0.15) is 0 Å². The van der Waals surface area contributed by atoms with E-state index >= 15 is 0 Å². The largest absolute Gasteiger partial charge is 0.260 e. The monoisotopic (exact) mass is 237 g/mol. The first kappa shape index (κ1) is 11.3. The number of nitrogens with zero attached hydrogens (tertiary/aromatic N) is 1. The van der Waals surface area contributed by atoms with Crippen LogP contribution in [-0.4, -0.2) is 20.9 Å². The lowest BCUT2D eigenvalue weighted by molar-refractivity contribution is 0.601. The molecule has 0 bridgehead atoms. The molecule has 1 aliphatic heterocycles. The minimum absolute atomic E-state index is 0.283. The molecule has 0 saturated heterocycles. The molecule has 0 aliphatic carbocycles. The first-order valence-electron chi connectivity index (χ1n) is 5.29. The van der Waals surface area contributed by atoms with Gasteiger partial charge in [0.25, 0.3) is 0 Å². The van der Waals surface area contributed by atoms with Gasteiger partial charge in [0.2, 0.25) is 0 Å². The Bertz CT molecular complexity index is 557. The van der Waals surface area contributed by atoms with Crippen LogP contribution in [0.4, 0.5) is 5.69 Å². The SMILES string of the molecule is CC(C)c1cc(S(C)(=O)=O)cc2c1N=CC2. The summed E-state index contributed by atoms with van der Waals surface area (Å²) in [5.41, 5.74) is 3.00. The van der Waals surface area contributed by atoms with E-state index in [-0.39, 0.29) is 5.92 Å². The normalized spacial score (nSPS) is 14.5. The number of hydrogen-bond donors (Lipinski definition) is 0. The van der Waals surface area contributed by atoms with Crippen LogP contribution >= 0.6 is 0 Å². The van der Waals surface area contributed by atoms with E-state index < -0.39 is 9.84 Å². The highest BCUT2D eigenvalue weighted by Gasteiger charge is 2.19. The molecule has 1 aliphatic rings. The van der Waals surface area contributed by atoms with Crippen molar-refractivity contribution >= 4 is 21.7 Å². The molecule has 0 atom stereocenters. The van der Waals surface area contributed by atoms with Gasteiger partial charge in [-0.3, -0.25) is 4.99 Å². The lowest BCUT2D eigenvalue weighted by Gasteiger charge is -2.12. The molecular formula is C12H15NO2S. The predicted molar refractivity (Wildman–Crippen MR) is 65.5 cm³/mol. The number of sulfone groups is 1. The van der Waals surface area contributed by atoms with E-state index in [2.05, 4.69) is 18.8 Å². The van der Waals surface area contributed by atoms with E-state index in [0.717, 1.165) is 23.2 Å². The van der Waals surface area contributed by atoms with Crippen LogP contribution in [0.3, 0.4) is 0 Å². The second-order valence-electron chi connectivity index (χ2n) is 4.46. The second kappa shape index (κ2) is 3.70. The van der Waals surface area contributed by atoms with Gasteiger partial charge in [0, 0.05) is 18.9 Å². The number of benzene rings is 1. The van der Waals surface area contributed by atoms with Gasteiger partial charge in [-0.2, -0.15) is 0 Å². The van der Waals surface area contributed by atoms with Gasteiger partial charge in [-0.1, -0.05) is 13.8 Å². The third-order valence-electron chi connectivity index (χ3n) is 2.77. The fraction of sp³-hybridized carbons (Fsp3) is 0.417. The maximum atomic E-state index is 11.6. The Morgan fingerprint density at radius 1 is 1.31 bits per heavy atom. The first-order chi connectivity index (χ1) is 7.39. The van der Waals surface area contributed by atoms with Gasteiger partial charge in [-0.15, -0.1) is 0 Å². The third kappa shape index (κ3) is 1.89. The van der Waals surface area contributed by atoms with Crippen molar-refractivity contribution in [3.63, 3.8) is 0 Å². The summed E-state index contributed by atoms with van der Waals surface area (Å²) in [5, 5.41) is 0. The van der Waals surface area contributed by atoms with Gasteiger partial charge < -0.3 is 0 Å². The summed E-state index contributed by atoms with van der Waals surface area (Å²) in [5.74, 6) is 0.283. The molecule has 0 spiro atoms. The van der Waals surface area contributed by atoms with E-state index in [9.17, 15) is 8.42 Å². The van der Waals surface area contributed by atoms with Crippen LogP contribution in [0.15, 0.2) is 22.0 Å². The molecule has 0 fully saturated rings. The van der Waals surface area contributed by atoms with Crippen molar-refractivity contribution in [3.05, 3.63) is 23.3 Å². The molecule has 0 amide bonds. The summed E-state index contributed by atoms with van der Waals surface area (Å²) in [6.45, 7) is 4.10. The highest BCUT2D eigenvalue weighted by molar-refractivity contribution is 7.90. The van der Waals surface area contributed by atoms with Crippen LogP contribution in [0.1, 0.15) is 30.9 Å². The zero-order chi connectivity index (χ0) is 11.9. The molecule has 86 valence electrons. The standard InChI is InChI=1S/C12H15NO2S/c1-8(2)11-7-10(16(3,14)15)6-9-4-5-13-12(9)11/h5-8H,4H2,1-3H3. The van der Waals surface area contributed by atoms with Crippen LogP contribution in [-0.2, 0) is 16.3 Å². The van der Waals surface area contributed by atoms with Crippen LogP contribution in [0.5, 0.6) is 0 Å². The lowest BCUT2D eigenvalue weighted by Crippen LogP contribution is -2.01. The van der Waals surface area contributed by atoms with Crippen molar-refractivity contribution in [3.8, 4) is 0 Å². The number of hydrogen-bond acceptors (Lipinski definition) is 3. The minimum Gasteiger partial charge on any atom is -0.260 e. The zero-order valence-electron chi connectivity index (χ0n) is 9.69. The van der Waals surface area contributed by atoms with Crippen molar-refractivity contribution < 1.29 is 8.42 Å². The Balaban J connectivity index is 2.69. The van der Waals surface area contributed by atoms with Gasteiger partial charge >= 0.3 is 0 Å². The number of aliphatic imine (C=N–C) groups is 1.